The molecule has 0 spiro atoms. The molecule has 2 fully saturated rings. The van der Waals surface area contributed by atoms with Gasteiger partial charge in [0.2, 0.25) is 5.91 Å². The standard InChI is InChI=1S/C23H30FN5O2/c1-17-19(16-26-29(17)21-9-5-4-8-20(21)24)22(30)25-10-11-27-12-14-28(15-13-27)23(31)18-6-2-3-7-18/h4-5,8-9,16,18H,2-3,6-7,10-15H2,1H3,(H,25,30). The minimum atomic E-state index is -0.383. The number of benzene rings is 1. The van der Waals surface area contributed by atoms with Crippen LogP contribution in [0.15, 0.2) is 30.5 Å². The van der Waals surface area contributed by atoms with Crippen molar-refractivity contribution < 1.29 is 14.0 Å². The van der Waals surface area contributed by atoms with Gasteiger partial charge in [0.05, 0.1) is 17.5 Å². The van der Waals surface area contributed by atoms with Gasteiger partial charge in [-0.15, -0.1) is 0 Å². The van der Waals surface area contributed by atoms with Crippen LogP contribution in [-0.2, 0) is 4.79 Å². The zero-order valence-corrected chi connectivity index (χ0v) is 18.0. The van der Waals surface area contributed by atoms with Crippen molar-refractivity contribution in [2.75, 3.05) is 39.3 Å². The van der Waals surface area contributed by atoms with Gasteiger partial charge in [0, 0.05) is 45.2 Å². The Morgan fingerprint density at radius 2 is 1.84 bits per heavy atom. The SMILES string of the molecule is Cc1c(C(=O)NCCN2CCN(C(=O)C3CCCC3)CC2)cnn1-c1ccccc1F. The molecule has 166 valence electrons. The summed E-state index contributed by atoms with van der Waals surface area (Å²) in [5.74, 6) is -0.0338. The third-order valence-electron chi connectivity index (χ3n) is 6.44. The molecular weight excluding hydrogens is 397 g/mol. The van der Waals surface area contributed by atoms with E-state index in [0.29, 0.717) is 29.4 Å². The van der Waals surface area contributed by atoms with Gasteiger partial charge in [-0.3, -0.25) is 14.5 Å². The monoisotopic (exact) mass is 427 g/mol. The summed E-state index contributed by atoms with van der Waals surface area (Å²) in [6, 6.07) is 6.36. The van der Waals surface area contributed by atoms with E-state index in [9.17, 15) is 14.0 Å². The Hall–Kier alpha value is -2.74. The van der Waals surface area contributed by atoms with Crippen LogP contribution in [0.4, 0.5) is 4.39 Å². The van der Waals surface area contributed by atoms with Gasteiger partial charge in [-0.25, -0.2) is 9.07 Å². The molecular formula is C23H30FN5O2. The first kappa shape index (κ1) is 21.5. The predicted octanol–water partition coefficient (Wildman–Crippen LogP) is 2.38. The zero-order valence-electron chi connectivity index (χ0n) is 18.0. The molecule has 0 bridgehead atoms. The molecule has 8 heteroatoms. The first-order chi connectivity index (χ1) is 15.0. The Morgan fingerprint density at radius 1 is 1.13 bits per heavy atom. The molecule has 1 aliphatic heterocycles. The summed E-state index contributed by atoms with van der Waals surface area (Å²) >= 11 is 0. The molecule has 1 saturated carbocycles. The lowest BCUT2D eigenvalue weighted by atomic mass is 10.1. The molecule has 2 amide bonds. The maximum atomic E-state index is 14.0. The van der Waals surface area contributed by atoms with Gasteiger partial charge >= 0.3 is 0 Å². The van der Waals surface area contributed by atoms with Crippen LogP contribution in [0.3, 0.4) is 0 Å². The van der Waals surface area contributed by atoms with E-state index in [1.165, 1.54) is 29.8 Å². The van der Waals surface area contributed by atoms with E-state index >= 15 is 0 Å². The highest BCUT2D eigenvalue weighted by Crippen LogP contribution is 2.26. The highest BCUT2D eigenvalue weighted by Gasteiger charge is 2.29. The molecule has 2 aromatic rings. The molecule has 1 saturated heterocycles. The number of halogens is 1. The molecule has 7 nitrogen and oxygen atoms in total. The van der Waals surface area contributed by atoms with Crippen molar-refractivity contribution in [3.63, 3.8) is 0 Å². The van der Waals surface area contributed by atoms with Gasteiger partial charge in [0.25, 0.3) is 5.91 Å². The van der Waals surface area contributed by atoms with Crippen molar-refractivity contribution in [3.05, 3.63) is 47.5 Å². The number of rotatable bonds is 6. The Morgan fingerprint density at radius 3 is 2.55 bits per heavy atom. The molecule has 2 aliphatic rings. The second-order valence-corrected chi connectivity index (χ2v) is 8.41. The van der Waals surface area contributed by atoms with Crippen LogP contribution < -0.4 is 5.32 Å². The molecule has 0 atom stereocenters. The number of amides is 2. The fourth-order valence-corrected chi connectivity index (χ4v) is 4.54. The molecule has 1 N–H and O–H groups in total. The second kappa shape index (κ2) is 9.60. The van der Waals surface area contributed by atoms with E-state index in [1.807, 2.05) is 4.90 Å². The van der Waals surface area contributed by atoms with Crippen LogP contribution >= 0.6 is 0 Å². The van der Waals surface area contributed by atoms with Crippen molar-refractivity contribution in [1.82, 2.24) is 24.9 Å². The molecule has 2 heterocycles. The van der Waals surface area contributed by atoms with Gasteiger partial charge in [-0.1, -0.05) is 25.0 Å². The van der Waals surface area contributed by atoms with E-state index in [4.69, 9.17) is 0 Å². The predicted molar refractivity (Wildman–Crippen MR) is 116 cm³/mol. The normalized spacial score (nSPS) is 17.8. The minimum Gasteiger partial charge on any atom is -0.351 e. The van der Waals surface area contributed by atoms with E-state index < -0.39 is 0 Å². The number of carbonyl (C=O) groups excluding carboxylic acids is 2. The summed E-state index contributed by atoms with van der Waals surface area (Å²) in [6.07, 6.45) is 5.91. The Kier molecular flexibility index (Phi) is 6.65. The first-order valence-electron chi connectivity index (χ1n) is 11.1. The second-order valence-electron chi connectivity index (χ2n) is 8.41. The molecule has 1 aromatic carbocycles. The summed E-state index contributed by atoms with van der Waals surface area (Å²) in [5.41, 5.74) is 1.36. The topological polar surface area (TPSA) is 70.5 Å². The van der Waals surface area contributed by atoms with Crippen molar-refractivity contribution in [2.45, 2.75) is 32.6 Å². The number of aromatic nitrogens is 2. The first-order valence-corrected chi connectivity index (χ1v) is 11.1. The molecule has 1 aromatic heterocycles. The van der Waals surface area contributed by atoms with Crippen LogP contribution in [0.5, 0.6) is 0 Å². The van der Waals surface area contributed by atoms with Gasteiger partial charge in [-0.05, 0) is 31.9 Å². The maximum absolute atomic E-state index is 14.0. The molecule has 1 aliphatic carbocycles. The Bertz CT molecular complexity index is 930. The van der Waals surface area contributed by atoms with Crippen molar-refractivity contribution in [3.8, 4) is 5.69 Å². The molecule has 0 unspecified atom stereocenters. The average molecular weight is 428 g/mol. The van der Waals surface area contributed by atoms with Gasteiger partial charge in [0.1, 0.15) is 11.5 Å². The highest BCUT2D eigenvalue weighted by molar-refractivity contribution is 5.95. The van der Waals surface area contributed by atoms with Crippen LogP contribution in [0.25, 0.3) is 5.69 Å². The number of nitrogens with zero attached hydrogens (tertiary/aromatic N) is 4. The lowest BCUT2D eigenvalue weighted by Gasteiger charge is -2.36. The van der Waals surface area contributed by atoms with Crippen molar-refractivity contribution >= 4 is 11.8 Å². The summed E-state index contributed by atoms with van der Waals surface area (Å²) in [5, 5.41) is 7.13. The van der Waals surface area contributed by atoms with Gasteiger partial charge in [-0.2, -0.15) is 5.10 Å². The Labute approximate surface area is 182 Å². The quantitative estimate of drug-likeness (QED) is 0.769. The smallest absolute Gasteiger partial charge is 0.254 e. The third kappa shape index (κ3) is 4.79. The molecule has 31 heavy (non-hydrogen) atoms. The number of para-hydroxylation sites is 1. The number of hydrogen-bond acceptors (Lipinski definition) is 4. The third-order valence-corrected chi connectivity index (χ3v) is 6.44. The summed E-state index contributed by atoms with van der Waals surface area (Å²) in [7, 11) is 0. The number of nitrogens with one attached hydrogen (secondary N) is 1. The van der Waals surface area contributed by atoms with E-state index in [2.05, 4.69) is 15.3 Å². The zero-order chi connectivity index (χ0) is 21.8. The van der Waals surface area contributed by atoms with Crippen molar-refractivity contribution in [2.24, 2.45) is 5.92 Å². The van der Waals surface area contributed by atoms with Crippen LogP contribution in [0.2, 0.25) is 0 Å². The molecule has 0 radical (unpaired) electrons. The lowest BCUT2D eigenvalue weighted by Crippen LogP contribution is -2.51. The van der Waals surface area contributed by atoms with Crippen LogP contribution in [0.1, 0.15) is 41.7 Å². The van der Waals surface area contributed by atoms with E-state index in [1.54, 1.807) is 25.1 Å². The van der Waals surface area contributed by atoms with Gasteiger partial charge in [0.15, 0.2) is 0 Å². The Balaban J connectivity index is 1.24. The van der Waals surface area contributed by atoms with Crippen molar-refractivity contribution in [1.29, 1.82) is 0 Å². The fourth-order valence-electron chi connectivity index (χ4n) is 4.54. The largest absolute Gasteiger partial charge is 0.351 e. The minimum absolute atomic E-state index is 0.213. The number of carbonyl (C=O) groups is 2. The van der Waals surface area contributed by atoms with E-state index in [0.717, 1.165) is 45.6 Å². The summed E-state index contributed by atoms with van der Waals surface area (Å²) < 4.78 is 15.5. The fraction of sp³-hybridized carbons (Fsp3) is 0.522. The maximum Gasteiger partial charge on any atom is 0.254 e. The van der Waals surface area contributed by atoms with Crippen LogP contribution in [0, 0.1) is 18.7 Å². The number of piperazine rings is 1. The summed E-state index contributed by atoms with van der Waals surface area (Å²) in [6.45, 7) is 6.19. The number of hydrogen-bond donors (Lipinski definition) is 1. The van der Waals surface area contributed by atoms with Gasteiger partial charge < -0.3 is 10.2 Å². The summed E-state index contributed by atoms with van der Waals surface area (Å²) in [4.78, 5) is 29.4. The lowest BCUT2D eigenvalue weighted by molar-refractivity contribution is -0.137. The van der Waals surface area contributed by atoms with Crippen LogP contribution in [-0.4, -0.2) is 70.7 Å². The average Bonchev–Trinajstić information content (AvgIpc) is 3.44. The highest BCUT2D eigenvalue weighted by atomic mass is 19.1. The van der Waals surface area contributed by atoms with E-state index in [-0.39, 0.29) is 17.6 Å². The molecule has 4 rings (SSSR count).